The number of hydrogen-bond donors (Lipinski definition) is 1. The minimum atomic E-state index is -0.275. The van der Waals surface area contributed by atoms with E-state index in [1.165, 1.54) is 10.9 Å². The molecule has 2 aromatic heterocycles. The summed E-state index contributed by atoms with van der Waals surface area (Å²) in [6.45, 7) is 0.821. The summed E-state index contributed by atoms with van der Waals surface area (Å²) < 4.78 is 8.32. The highest BCUT2D eigenvalue weighted by molar-refractivity contribution is 6.31. The van der Waals surface area contributed by atoms with E-state index >= 15 is 0 Å². The Kier molecular flexibility index (Phi) is 5.08. The number of nitrogens with one attached hydrogen (secondary N) is 1. The highest BCUT2D eigenvalue weighted by Gasteiger charge is 2.14. The average molecular weight is 411 g/mol. The van der Waals surface area contributed by atoms with Crippen molar-refractivity contribution >= 4 is 45.0 Å². The SMILES string of the molecule is COCCn1cnc2ccc(NC(=O)c3cc4cc(Cl)ccc4n3C)cc2c1=O. The van der Waals surface area contributed by atoms with Crippen molar-refractivity contribution in [3.8, 4) is 0 Å². The molecule has 2 heterocycles. The molecule has 0 radical (unpaired) electrons. The average Bonchev–Trinajstić information content (AvgIpc) is 3.03. The Hall–Kier alpha value is -3.16. The first-order valence-electron chi connectivity index (χ1n) is 9.02. The molecule has 148 valence electrons. The van der Waals surface area contributed by atoms with Crippen LogP contribution in [0.2, 0.25) is 5.02 Å². The largest absolute Gasteiger partial charge is 0.383 e. The van der Waals surface area contributed by atoms with Gasteiger partial charge in [-0.05, 0) is 42.5 Å². The van der Waals surface area contributed by atoms with Crippen LogP contribution in [0, 0.1) is 0 Å². The third kappa shape index (κ3) is 3.62. The highest BCUT2D eigenvalue weighted by atomic mass is 35.5. The number of rotatable bonds is 5. The molecule has 4 aromatic rings. The lowest BCUT2D eigenvalue weighted by molar-refractivity contribution is 0.102. The quantitative estimate of drug-likeness (QED) is 0.546. The van der Waals surface area contributed by atoms with Crippen molar-refractivity contribution in [3.63, 3.8) is 0 Å². The van der Waals surface area contributed by atoms with Crippen LogP contribution < -0.4 is 10.9 Å². The van der Waals surface area contributed by atoms with Gasteiger partial charge in [-0.25, -0.2) is 4.98 Å². The van der Waals surface area contributed by atoms with Gasteiger partial charge in [-0.15, -0.1) is 0 Å². The van der Waals surface area contributed by atoms with E-state index < -0.39 is 0 Å². The van der Waals surface area contributed by atoms with E-state index in [4.69, 9.17) is 16.3 Å². The maximum atomic E-state index is 12.8. The molecule has 1 amide bonds. The molecule has 2 aromatic carbocycles. The molecule has 0 atom stereocenters. The van der Waals surface area contributed by atoms with Crippen molar-refractivity contribution in [1.29, 1.82) is 0 Å². The lowest BCUT2D eigenvalue weighted by Gasteiger charge is -2.09. The van der Waals surface area contributed by atoms with E-state index in [9.17, 15) is 9.59 Å². The molecular formula is C21H19ClN4O3. The maximum Gasteiger partial charge on any atom is 0.272 e. The number of amides is 1. The number of benzene rings is 2. The van der Waals surface area contributed by atoms with Crippen LogP contribution >= 0.6 is 11.6 Å². The molecule has 0 saturated carbocycles. The zero-order valence-corrected chi connectivity index (χ0v) is 16.7. The fraction of sp³-hybridized carbons (Fsp3) is 0.190. The second kappa shape index (κ2) is 7.69. The Morgan fingerprint density at radius 1 is 1.21 bits per heavy atom. The van der Waals surface area contributed by atoms with Crippen LogP contribution in [0.4, 0.5) is 5.69 Å². The van der Waals surface area contributed by atoms with Crippen LogP contribution in [0.15, 0.2) is 53.6 Å². The van der Waals surface area contributed by atoms with Crippen molar-refractivity contribution in [1.82, 2.24) is 14.1 Å². The molecule has 0 aliphatic heterocycles. The summed E-state index contributed by atoms with van der Waals surface area (Å²) in [4.78, 5) is 29.8. The van der Waals surface area contributed by atoms with Crippen LogP contribution in [0.25, 0.3) is 21.8 Å². The van der Waals surface area contributed by atoms with Crippen molar-refractivity contribution in [2.75, 3.05) is 19.0 Å². The Balaban J connectivity index is 1.67. The Morgan fingerprint density at radius 2 is 2.03 bits per heavy atom. The Bertz CT molecular complexity index is 1290. The molecule has 0 aliphatic rings. The first-order chi connectivity index (χ1) is 14.0. The number of ether oxygens (including phenoxy) is 1. The number of fused-ring (bicyclic) bond motifs is 2. The molecule has 8 heteroatoms. The summed E-state index contributed by atoms with van der Waals surface area (Å²) in [6, 6.07) is 12.4. The molecule has 0 bridgehead atoms. The summed E-state index contributed by atoms with van der Waals surface area (Å²) in [5, 5.41) is 4.79. The van der Waals surface area contributed by atoms with E-state index in [1.807, 2.05) is 19.2 Å². The van der Waals surface area contributed by atoms with E-state index in [0.717, 1.165) is 10.9 Å². The molecule has 0 unspecified atom stereocenters. The number of anilines is 1. The summed E-state index contributed by atoms with van der Waals surface area (Å²) in [5.74, 6) is -0.275. The molecule has 0 saturated heterocycles. The lowest BCUT2D eigenvalue weighted by Crippen LogP contribution is -2.23. The van der Waals surface area contributed by atoms with Crippen molar-refractivity contribution < 1.29 is 9.53 Å². The van der Waals surface area contributed by atoms with Crippen LogP contribution in [-0.2, 0) is 18.3 Å². The predicted octanol–water partition coefficient (Wildman–Crippen LogP) is 3.44. The second-order valence-electron chi connectivity index (χ2n) is 6.71. The predicted molar refractivity (Wildman–Crippen MR) is 114 cm³/mol. The van der Waals surface area contributed by atoms with Gasteiger partial charge in [-0.1, -0.05) is 11.6 Å². The van der Waals surface area contributed by atoms with Crippen molar-refractivity contribution in [3.05, 3.63) is 69.9 Å². The first-order valence-corrected chi connectivity index (χ1v) is 9.40. The number of carbonyl (C=O) groups is 1. The van der Waals surface area contributed by atoms with Gasteiger partial charge < -0.3 is 14.6 Å². The Morgan fingerprint density at radius 3 is 2.83 bits per heavy atom. The van der Waals surface area contributed by atoms with E-state index in [-0.39, 0.29) is 11.5 Å². The number of aromatic nitrogens is 3. The van der Waals surface area contributed by atoms with Crippen LogP contribution in [0.3, 0.4) is 0 Å². The monoisotopic (exact) mass is 410 g/mol. The van der Waals surface area contributed by atoms with Gasteiger partial charge in [0, 0.05) is 35.8 Å². The third-order valence-corrected chi connectivity index (χ3v) is 5.09. The van der Waals surface area contributed by atoms with Crippen LogP contribution in [-0.4, -0.2) is 33.7 Å². The molecule has 4 rings (SSSR count). The number of nitrogens with zero attached hydrogens (tertiary/aromatic N) is 3. The third-order valence-electron chi connectivity index (χ3n) is 4.86. The number of aryl methyl sites for hydroxylation is 1. The molecule has 1 N–H and O–H groups in total. The van der Waals surface area contributed by atoms with Gasteiger partial charge in [0.05, 0.1) is 30.4 Å². The minimum Gasteiger partial charge on any atom is -0.383 e. The standard InChI is InChI=1S/C21H19ClN4O3/c1-25-18-6-3-14(22)9-13(18)10-19(25)20(27)24-15-4-5-17-16(11-15)21(28)26(12-23-17)7-8-29-2/h3-6,9-12H,7-8H2,1-2H3,(H,24,27). The number of hydrogen-bond acceptors (Lipinski definition) is 4. The zero-order valence-electron chi connectivity index (χ0n) is 16.0. The number of methoxy groups -OCH3 is 1. The second-order valence-corrected chi connectivity index (χ2v) is 7.15. The van der Waals surface area contributed by atoms with Gasteiger partial charge in [-0.2, -0.15) is 0 Å². The minimum absolute atomic E-state index is 0.178. The number of halogens is 1. The summed E-state index contributed by atoms with van der Waals surface area (Å²) in [7, 11) is 3.40. The van der Waals surface area contributed by atoms with E-state index in [0.29, 0.717) is 40.5 Å². The molecule has 0 spiro atoms. The van der Waals surface area contributed by atoms with E-state index in [1.54, 1.807) is 42.0 Å². The normalized spacial score (nSPS) is 11.3. The van der Waals surface area contributed by atoms with Crippen molar-refractivity contribution in [2.24, 2.45) is 7.05 Å². The zero-order chi connectivity index (χ0) is 20.5. The summed E-state index contributed by atoms with van der Waals surface area (Å²) in [5.41, 5.74) is 2.31. The van der Waals surface area contributed by atoms with Gasteiger partial charge in [0.1, 0.15) is 5.69 Å². The summed E-state index contributed by atoms with van der Waals surface area (Å²) >= 11 is 6.05. The fourth-order valence-electron chi connectivity index (χ4n) is 3.32. The lowest BCUT2D eigenvalue weighted by atomic mass is 10.2. The molecule has 0 fully saturated rings. The number of carbonyl (C=O) groups excluding carboxylic acids is 1. The molecule has 7 nitrogen and oxygen atoms in total. The van der Waals surface area contributed by atoms with Gasteiger partial charge in [0.2, 0.25) is 0 Å². The molecule has 29 heavy (non-hydrogen) atoms. The van der Waals surface area contributed by atoms with E-state index in [2.05, 4.69) is 10.3 Å². The van der Waals surface area contributed by atoms with Crippen LogP contribution in [0.1, 0.15) is 10.5 Å². The fourth-order valence-corrected chi connectivity index (χ4v) is 3.50. The van der Waals surface area contributed by atoms with Crippen LogP contribution in [0.5, 0.6) is 0 Å². The summed E-state index contributed by atoms with van der Waals surface area (Å²) in [6.07, 6.45) is 1.50. The van der Waals surface area contributed by atoms with Gasteiger partial charge in [-0.3, -0.25) is 14.2 Å². The van der Waals surface area contributed by atoms with Gasteiger partial charge in [0.15, 0.2) is 0 Å². The smallest absolute Gasteiger partial charge is 0.272 e. The first kappa shape index (κ1) is 19.2. The Labute approximate surface area is 171 Å². The highest BCUT2D eigenvalue weighted by Crippen LogP contribution is 2.23. The van der Waals surface area contributed by atoms with Gasteiger partial charge >= 0.3 is 0 Å². The van der Waals surface area contributed by atoms with Gasteiger partial charge in [0.25, 0.3) is 11.5 Å². The topological polar surface area (TPSA) is 78.2 Å². The molecular weight excluding hydrogens is 392 g/mol. The van der Waals surface area contributed by atoms with Crippen molar-refractivity contribution in [2.45, 2.75) is 6.54 Å². The molecule has 0 aliphatic carbocycles. The maximum absolute atomic E-state index is 12.8.